The second-order valence-electron chi connectivity index (χ2n) is 8.46. The Kier molecular flexibility index (Phi) is 5.95. The third-order valence-corrected chi connectivity index (χ3v) is 6.67. The first-order valence-corrected chi connectivity index (χ1v) is 10.8. The van der Waals surface area contributed by atoms with Crippen molar-refractivity contribution < 1.29 is 9.90 Å². The monoisotopic (exact) mass is 429 g/mol. The molecule has 2 heterocycles. The number of aromatic nitrogens is 2. The highest BCUT2D eigenvalue weighted by Crippen LogP contribution is 2.45. The topological polar surface area (TPSA) is 104 Å². The summed E-state index contributed by atoms with van der Waals surface area (Å²) in [6, 6.07) is 5.80. The van der Waals surface area contributed by atoms with Gasteiger partial charge in [-0.1, -0.05) is 23.7 Å². The number of halogens is 1. The summed E-state index contributed by atoms with van der Waals surface area (Å²) in [5, 5.41) is 13.1. The van der Waals surface area contributed by atoms with Crippen LogP contribution in [0.2, 0.25) is 5.02 Å². The van der Waals surface area contributed by atoms with Crippen LogP contribution in [-0.2, 0) is 11.3 Å². The third-order valence-electron chi connectivity index (χ3n) is 6.27. The number of carbonyl (C=O) groups is 1. The van der Waals surface area contributed by atoms with Crippen LogP contribution in [0.15, 0.2) is 24.4 Å². The molecule has 1 aliphatic heterocycles. The van der Waals surface area contributed by atoms with Gasteiger partial charge in [-0.2, -0.15) is 0 Å². The first kappa shape index (κ1) is 21.0. The van der Waals surface area contributed by atoms with Crippen LogP contribution in [0.5, 0.6) is 0 Å². The maximum absolute atomic E-state index is 12.5. The molecule has 1 aliphatic carbocycles. The fourth-order valence-corrected chi connectivity index (χ4v) is 4.04. The lowest BCUT2D eigenvalue weighted by Crippen LogP contribution is -2.34. The van der Waals surface area contributed by atoms with Crippen LogP contribution >= 0.6 is 11.6 Å². The van der Waals surface area contributed by atoms with Crippen molar-refractivity contribution in [3.8, 4) is 11.4 Å². The Labute approximate surface area is 181 Å². The number of nitrogens with zero attached hydrogens (tertiary/aromatic N) is 3. The molecule has 0 radical (unpaired) electrons. The zero-order valence-electron chi connectivity index (χ0n) is 17.2. The van der Waals surface area contributed by atoms with Crippen molar-refractivity contribution in [2.45, 2.75) is 32.7 Å². The molecule has 1 aromatic carbocycles. The quantitative estimate of drug-likeness (QED) is 0.623. The lowest BCUT2D eigenvalue weighted by atomic mass is 10.1. The molecule has 1 saturated heterocycles. The Balaban J connectivity index is 1.61. The van der Waals surface area contributed by atoms with E-state index in [0.29, 0.717) is 29.9 Å². The Morgan fingerprint density at radius 1 is 1.43 bits per heavy atom. The first-order chi connectivity index (χ1) is 14.5. The van der Waals surface area contributed by atoms with Gasteiger partial charge in [0.2, 0.25) is 5.91 Å². The highest BCUT2D eigenvalue weighted by Gasteiger charge is 2.49. The summed E-state index contributed by atoms with van der Waals surface area (Å²) in [5.74, 6) is 1.75. The highest BCUT2D eigenvalue weighted by atomic mass is 35.5. The second kappa shape index (κ2) is 8.49. The van der Waals surface area contributed by atoms with E-state index >= 15 is 0 Å². The standard InChI is InChI=1S/C22H28ClN5O2/c1-14-2-3-16(8-18(14)23)19-25-10-17(11-26-21(30)22(13-29)5-6-22)20(27-19)28-7-4-15(9-24)12-28/h2-3,8,10,15,29H,4-7,9,11-13,24H2,1H3,(H,26,30). The summed E-state index contributed by atoms with van der Waals surface area (Å²) >= 11 is 6.30. The van der Waals surface area contributed by atoms with Crippen molar-refractivity contribution in [1.82, 2.24) is 15.3 Å². The van der Waals surface area contributed by atoms with E-state index in [9.17, 15) is 9.90 Å². The number of nitrogens with two attached hydrogens (primary N) is 1. The van der Waals surface area contributed by atoms with E-state index < -0.39 is 5.41 Å². The zero-order chi connectivity index (χ0) is 21.3. The maximum atomic E-state index is 12.5. The van der Waals surface area contributed by atoms with Crippen LogP contribution < -0.4 is 16.0 Å². The van der Waals surface area contributed by atoms with Crippen molar-refractivity contribution in [1.29, 1.82) is 0 Å². The molecule has 8 heteroatoms. The van der Waals surface area contributed by atoms with Gasteiger partial charge in [0.15, 0.2) is 5.82 Å². The minimum absolute atomic E-state index is 0.105. The summed E-state index contributed by atoms with van der Waals surface area (Å²) in [7, 11) is 0. The predicted octanol–water partition coefficient (Wildman–Crippen LogP) is 2.28. The van der Waals surface area contributed by atoms with E-state index in [1.54, 1.807) is 6.20 Å². The molecule has 160 valence electrons. The summed E-state index contributed by atoms with van der Waals surface area (Å²) < 4.78 is 0. The number of hydrogen-bond acceptors (Lipinski definition) is 6. The number of aliphatic hydroxyl groups is 1. The van der Waals surface area contributed by atoms with Crippen molar-refractivity contribution in [3.05, 3.63) is 40.5 Å². The second-order valence-corrected chi connectivity index (χ2v) is 8.87. The number of carbonyl (C=O) groups excluding carboxylic acids is 1. The minimum Gasteiger partial charge on any atom is -0.395 e. The van der Waals surface area contributed by atoms with Crippen molar-refractivity contribution in [3.63, 3.8) is 0 Å². The van der Waals surface area contributed by atoms with Crippen LogP contribution in [-0.4, -0.2) is 47.2 Å². The summed E-state index contributed by atoms with van der Waals surface area (Å²) in [6.07, 6.45) is 4.26. The van der Waals surface area contributed by atoms with Crippen molar-refractivity contribution in [2.24, 2.45) is 17.1 Å². The van der Waals surface area contributed by atoms with Gasteiger partial charge >= 0.3 is 0 Å². The summed E-state index contributed by atoms with van der Waals surface area (Å²) in [6.45, 7) is 4.53. The first-order valence-electron chi connectivity index (χ1n) is 10.4. The average Bonchev–Trinajstić information content (AvgIpc) is 3.43. The normalized spacial score (nSPS) is 19.7. The van der Waals surface area contributed by atoms with Crippen molar-refractivity contribution >= 4 is 23.3 Å². The number of aliphatic hydroxyl groups excluding tert-OH is 1. The van der Waals surface area contributed by atoms with Crippen LogP contribution in [0.1, 0.15) is 30.4 Å². The molecular weight excluding hydrogens is 402 g/mol. The molecule has 1 aromatic heterocycles. The molecule has 1 amide bonds. The molecule has 4 N–H and O–H groups in total. The number of anilines is 1. The molecule has 7 nitrogen and oxygen atoms in total. The Morgan fingerprint density at radius 3 is 2.87 bits per heavy atom. The van der Waals surface area contributed by atoms with Crippen molar-refractivity contribution in [2.75, 3.05) is 31.1 Å². The maximum Gasteiger partial charge on any atom is 0.228 e. The Bertz CT molecular complexity index is 947. The van der Waals surface area contributed by atoms with E-state index in [4.69, 9.17) is 22.3 Å². The minimum atomic E-state index is -0.599. The number of amides is 1. The molecular formula is C22H28ClN5O2. The molecule has 1 saturated carbocycles. The van der Waals surface area contributed by atoms with E-state index in [0.717, 1.165) is 54.9 Å². The van der Waals surface area contributed by atoms with E-state index in [1.807, 2.05) is 25.1 Å². The Morgan fingerprint density at radius 2 is 2.23 bits per heavy atom. The van der Waals surface area contributed by atoms with Gasteiger partial charge in [-0.05, 0) is 50.3 Å². The number of nitrogens with one attached hydrogen (secondary N) is 1. The number of rotatable bonds is 7. The third kappa shape index (κ3) is 4.15. The van der Waals surface area contributed by atoms with Gasteiger partial charge in [0.25, 0.3) is 0 Å². The van der Waals surface area contributed by atoms with Gasteiger partial charge < -0.3 is 21.1 Å². The van der Waals surface area contributed by atoms with Gasteiger partial charge in [-0.25, -0.2) is 9.97 Å². The SMILES string of the molecule is Cc1ccc(-c2ncc(CNC(=O)C3(CO)CC3)c(N3CCC(CN)C3)n2)cc1Cl. The lowest BCUT2D eigenvalue weighted by Gasteiger charge is -2.22. The average molecular weight is 430 g/mol. The molecule has 4 rings (SSSR count). The number of benzene rings is 1. The largest absolute Gasteiger partial charge is 0.395 e. The van der Waals surface area contributed by atoms with Crippen LogP contribution in [0, 0.1) is 18.3 Å². The number of aryl methyl sites for hydroxylation is 1. The summed E-state index contributed by atoms with van der Waals surface area (Å²) in [5.41, 5.74) is 8.00. The molecule has 1 unspecified atom stereocenters. The lowest BCUT2D eigenvalue weighted by molar-refractivity contribution is -0.127. The van der Waals surface area contributed by atoms with Gasteiger partial charge in [-0.15, -0.1) is 0 Å². The molecule has 30 heavy (non-hydrogen) atoms. The van der Waals surface area contributed by atoms with Crippen LogP contribution in [0.4, 0.5) is 5.82 Å². The van der Waals surface area contributed by atoms with Gasteiger partial charge in [0.1, 0.15) is 5.82 Å². The van der Waals surface area contributed by atoms with E-state index in [1.165, 1.54) is 0 Å². The van der Waals surface area contributed by atoms with Gasteiger partial charge in [-0.3, -0.25) is 4.79 Å². The molecule has 2 aromatic rings. The molecule has 0 bridgehead atoms. The predicted molar refractivity (Wildman–Crippen MR) is 117 cm³/mol. The fraction of sp³-hybridized carbons (Fsp3) is 0.500. The smallest absolute Gasteiger partial charge is 0.228 e. The van der Waals surface area contributed by atoms with E-state index in [-0.39, 0.29) is 12.5 Å². The summed E-state index contributed by atoms with van der Waals surface area (Å²) in [4.78, 5) is 24.1. The zero-order valence-corrected chi connectivity index (χ0v) is 18.0. The molecule has 2 aliphatic rings. The van der Waals surface area contributed by atoms with Crippen LogP contribution in [0.3, 0.4) is 0 Å². The Hall–Kier alpha value is -2.22. The fourth-order valence-electron chi connectivity index (χ4n) is 3.86. The van der Waals surface area contributed by atoms with Gasteiger partial charge in [0, 0.05) is 42.0 Å². The highest BCUT2D eigenvalue weighted by molar-refractivity contribution is 6.31. The number of hydrogen-bond donors (Lipinski definition) is 3. The van der Waals surface area contributed by atoms with Gasteiger partial charge in [0.05, 0.1) is 12.0 Å². The van der Waals surface area contributed by atoms with Crippen LogP contribution in [0.25, 0.3) is 11.4 Å². The molecule has 1 atom stereocenters. The molecule has 2 fully saturated rings. The molecule has 0 spiro atoms. The van der Waals surface area contributed by atoms with E-state index in [2.05, 4.69) is 15.2 Å².